The summed E-state index contributed by atoms with van der Waals surface area (Å²) in [6.07, 6.45) is -4.57. The Hall–Kier alpha value is -2.06. The molecule has 0 spiro atoms. The molecule has 1 heterocycles. The minimum Gasteiger partial charge on any atom is -0.358 e. The number of halogens is 3. The lowest BCUT2D eigenvalue weighted by molar-refractivity contribution is -0.141. The van der Waals surface area contributed by atoms with E-state index in [4.69, 9.17) is 0 Å². The number of likely N-dealkylation sites (N-methyl/N-ethyl adjacent to an activating group) is 2. The average Bonchev–Trinajstić information content (AvgIpc) is 2.36. The molecule has 1 aromatic rings. The standard InChI is InChI=1S/C10H14F3N5O/c1-14-8(19)5-18(3)7-4-6(10(11,12)13)16-9(15-2)17-7/h4H,5H2,1-3H3,(H,14,19)(H,15,16,17). The number of nitrogens with zero attached hydrogens (tertiary/aromatic N) is 3. The van der Waals surface area contributed by atoms with Gasteiger partial charge < -0.3 is 15.5 Å². The maximum absolute atomic E-state index is 12.7. The molecule has 0 bridgehead atoms. The lowest BCUT2D eigenvalue weighted by Crippen LogP contribution is -2.33. The monoisotopic (exact) mass is 277 g/mol. The summed E-state index contributed by atoms with van der Waals surface area (Å²) in [4.78, 5) is 19.7. The number of hydrogen-bond donors (Lipinski definition) is 2. The van der Waals surface area contributed by atoms with E-state index in [0.29, 0.717) is 0 Å². The highest BCUT2D eigenvalue weighted by atomic mass is 19.4. The van der Waals surface area contributed by atoms with Crippen LogP contribution in [0.2, 0.25) is 0 Å². The lowest BCUT2D eigenvalue weighted by atomic mass is 10.3. The Kier molecular flexibility index (Phi) is 4.52. The Morgan fingerprint density at radius 1 is 1.37 bits per heavy atom. The van der Waals surface area contributed by atoms with Gasteiger partial charge in [-0.25, -0.2) is 4.98 Å². The van der Waals surface area contributed by atoms with Crippen LogP contribution in [0.4, 0.5) is 24.9 Å². The SMILES string of the molecule is CNC(=O)CN(C)c1cc(C(F)(F)F)nc(NC)n1. The number of carbonyl (C=O) groups excluding carboxylic acids is 1. The summed E-state index contributed by atoms with van der Waals surface area (Å²) in [5.41, 5.74) is -1.06. The van der Waals surface area contributed by atoms with E-state index in [0.717, 1.165) is 6.07 Å². The van der Waals surface area contributed by atoms with Crippen LogP contribution in [0.1, 0.15) is 5.69 Å². The van der Waals surface area contributed by atoms with Gasteiger partial charge >= 0.3 is 6.18 Å². The van der Waals surface area contributed by atoms with Gasteiger partial charge in [-0.3, -0.25) is 4.79 Å². The van der Waals surface area contributed by atoms with E-state index < -0.39 is 11.9 Å². The van der Waals surface area contributed by atoms with Gasteiger partial charge in [-0.05, 0) is 0 Å². The van der Waals surface area contributed by atoms with E-state index >= 15 is 0 Å². The zero-order chi connectivity index (χ0) is 14.6. The van der Waals surface area contributed by atoms with E-state index in [2.05, 4.69) is 20.6 Å². The van der Waals surface area contributed by atoms with Gasteiger partial charge in [0.1, 0.15) is 5.82 Å². The van der Waals surface area contributed by atoms with Gasteiger partial charge in [-0.1, -0.05) is 0 Å². The first-order valence-corrected chi connectivity index (χ1v) is 5.33. The van der Waals surface area contributed by atoms with Gasteiger partial charge in [-0.2, -0.15) is 18.2 Å². The fraction of sp³-hybridized carbons (Fsp3) is 0.500. The van der Waals surface area contributed by atoms with Crippen LogP contribution < -0.4 is 15.5 Å². The highest BCUT2D eigenvalue weighted by molar-refractivity contribution is 5.80. The van der Waals surface area contributed by atoms with Crippen molar-refractivity contribution in [3.8, 4) is 0 Å². The third-order valence-corrected chi connectivity index (χ3v) is 2.28. The van der Waals surface area contributed by atoms with Crippen LogP contribution in [-0.2, 0) is 11.0 Å². The van der Waals surface area contributed by atoms with Crippen LogP contribution >= 0.6 is 0 Å². The summed E-state index contributed by atoms with van der Waals surface area (Å²) < 4.78 is 38.0. The first-order chi connectivity index (χ1) is 8.77. The molecule has 19 heavy (non-hydrogen) atoms. The molecule has 0 fully saturated rings. The molecule has 0 aliphatic carbocycles. The molecule has 9 heteroatoms. The number of carbonyl (C=O) groups is 1. The van der Waals surface area contributed by atoms with Gasteiger partial charge in [-0.15, -0.1) is 0 Å². The minimum atomic E-state index is -4.57. The highest BCUT2D eigenvalue weighted by Crippen LogP contribution is 2.30. The molecule has 0 unspecified atom stereocenters. The van der Waals surface area contributed by atoms with Crippen LogP contribution in [0.15, 0.2) is 6.07 Å². The van der Waals surface area contributed by atoms with Gasteiger partial charge in [0.2, 0.25) is 11.9 Å². The van der Waals surface area contributed by atoms with Crippen molar-refractivity contribution in [2.45, 2.75) is 6.18 Å². The molecular weight excluding hydrogens is 263 g/mol. The second-order valence-corrected chi connectivity index (χ2v) is 3.71. The van der Waals surface area contributed by atoms with E-state index in [1.165, 1.54) is 26.0 Å². The fourth-order valence-electron chi connectivity index (χ4n) is 1.26. The second-order valence-electron chi connectivity index (χ2n) is 3.71. The number of aromatic nitrogens is 2. The molecule has 0 aromatic carbocycles. The normalized spacial score (nSPS) is 11.1. The van der Waals surface area contributed by atoms with Gasteiger partial charge in [0.15, 0.2) is 5.69 Å². The number of nitrogens with one attached hydrogen (secondary N) is 2. The zero-order valence-corrected chi connectivity index (χ0v) is 10.7. The van der Waals surface area contributed by atoms with E-state index in [-0.39, 0.29) is 24.2 Å². The van der Waals surface area contributed by atoms with Crippen LogP contribution in [0.3, 0.4) is 0 Å². The summed E-state index contributed by atoms with van der Waals surface area (Å²) in [5.74, 6) is -0.482. The molecule has 0 saturated carbocycles. The summed E-state index contributed by atoms with van der Waals surface area (Å²) >= 11 is 0. The Bertz CT molecular complexity index is 463. The molecule has 1 rings (SSSR count). The quantitative estimate of drug-likeness (QED) is 0.848. The molecule has 0 radical (unpaired) electrons. The first kappa shape index (κ1) is 15.0. The molecule has 0 aliphatic heterocycles. The predicted octanol–water partition coefficient (Wildman–Crippen LogP) is 0.719. The van der Waals surface area contributed by atoms with Crippen molar-refractivity contribution >= 4 is 17.7 Å². The molecule has 0 saturated heterocycles. The number of anilines is 2. The number of amides is 1. The van der Waals surface area contributed by atoms with E-state index in [1.54, 1.807) is 0 Å². The average molecular weight is 277 g/mol. The zero-order valence-electron chi connectivity index (χ0n) is 10.7. The second kappa shape index (κ2) is 5.72. The lowest BCUT2D eigenvalue weighted by Gasteiger charge is -2.19. The Labute approximate surface area is 108 Å². The largest absolute Gasteiger partial charge is 0.433 e. The Balaban J connectivity index is 3.09. The van der Waals surface area contributed by atoms with Gasteiger partial charge in [0.05, 0.1) is 6.54 Å². The van der Waals surface area contributed by atoms with Crippen molar-refractivity contribution < 1.29 is 18.0 Å². The summed E-state index contributed by atoms with van der Waals surface area (Å²) in [7, 11) is 4.32. The molecule has 106 valence electrons. The van der Waals surface area contributed by atoms with Crippen molar-refractivity contribution in [2.24, 2.45) is 0 Å². The fourth-order valence-corrected chi connectivity index (χ4v) is 1.26. The molecule has 1 aromatic heterocycles. The summed E-state index contributed by atoms with van der Waals surface area (Å²) in [6.45, 7) is -0.103. The molecule has 1 amide bonds. The Morgan fingerprint density at radius 3 is 2.47 bits per heavy atom. The molecule has 2 N–H and O–H groups in total. The topological polar surface area (TPSA) is 70.2 Å². The molecule has 0 aliphatic rings. The number of hydrogen-bond acceptors (Lipinski definition) is 5. The molecular formula is C10H14F3N5O. The minimum absolute atomic E-state index is 0.00951. The van der Waals surface area contributed by atoms with E-state index in [9.17, 15) is 18.0 Å². The van der Waals surface area contributed by atoms with E-state index in [1.807, 2.05) is 0 Å². The molecule has 6 nitrogen and oxygen atoms in total. The van der Waals surface area contributed by atoms with Crippen molar-refractivity contribution in [1.29, 1.82) is 0 Å². The van der Waals surface area contributed by atoms with Crippen LogP contribution in [-0.4, -0.2) is 43.6 Å². The maximum atomic E-state index is 12.7. The van der Waals surface area contributed by atoms with Crippen molar-refractivity contribution in [3.05, 3.63) is 11.8 Å². The van der Waals surface area contributed by atoms with Gasteiger partial charge in [0.25, 0.3) is 0 Å². The summed E-state index contributed by atoms with van der Waals surface area (Å²) in [6, 6.07) is 0.795. The smallest absolute Gasteiger partial charge is 0.358 e. The predicted molar refractivity (Wildman–Crippen MR) is 63.9 cm³/mol. The number of alkyl halides is 3. The van der Waals surface area contributed by atoms with Gasteiger partial charge in [0, 0.05) is 27.2 Å². The third-order valence-electron chi connectivity index (χ3n) is 2.28. The number of rotatable bonds is 4. The van der Waals surface area contributed by atoms with Crippen LogP contribution in [0.5, 0.6) is 0 Å². The maximum Gasteiger partial charge on any atom is 0.433 e. The Morgan fingerprint density at radius 2 is 2.00 bits per heavy atom. The molecule has 0 atom stereocenters. The van der Waals surface area contributed by atoms with Crippen LogP contribution in [0.25, 0.3) is 0 Å². The first-order valence-electron chi connectivity index (χ1n) is 5.33. The van der Waals surface area contributed by atoms with Crippen molar-refractivity contribution in [3.63, 3.8) is 0 Å². The van der Waals surface area contributed by atoms with Crippen LogP contribution in [0, 0.1) is 0 Å². The van der Waals surface area contributed by atoms with Crippen molar-refractivity contribution in [1.82, 2.24) is 15.3 Å². The van der Waals surface area contributed by atoms with Crippen molar-refractivity contribution in [2.75, 3.05) is 37.9 Å². The highest BCUT2D eigenvalue weighted by Gasteiger charge is 2.34. The summed E-state index contributed by atoms with van der Waals surface area (Å²) in [5, 5.41) is 4.83. The third kappa shape index (κ3) is 3.97.